The van der Waals surface area contributed by atoms with E-state index in [0.29, 0.717) is 125 Å². The number of Topliss-reactive ketones (excluding diaryl/α,β-unsaturated/α-hetero) is 2. The second-order valence-corrected chi connectivity index (χ2v) is 39.1. The van der Waals surface area contributed by atoms with E-state index in [1.165, 1.54) is 14.2 Å². The Morgan fingerprint density at radius 3 is 1.01 bits per heavy atom. The summed E-state index contributed by atoms with van der Waals surface area (Å²) in [5.74, 6) is -5.73. The van der Waals surface area contributed by atoms with Crippen molar-refractivity contribution in [2.45, 2.75) is 206 Å². The standard InChI is InChI=1S/C54H80N4O13.C50H74N4O12.C4H7ClO.CH4/c1-10-16-48(60)71-47(39-58(57-51(62)44(53(2,3)4)37-49(61)65-9)38-41-20-22-42(23-21-41)45-19-14-15-24-55-45)43(35-40-17-12-11-13-18-40)36-46(59)50(54(5,6)7)56-52(63)70-34-33-69-32-31-68-30-29-67-28-27-66-26-25-64-8;1-49(2,3)41(34-45(57)61-8)47(58)53-54(35-38-17-19-39(20-18-38)42-16-12-13-21-51-42)36-44(56)40(32-37-14-10-9-11-15-37)33-43(55)46(50(4,5)6)52-48(59)66-31-30-65-29-28-64-27-26-63-25-24-62-23-22-60-7;1-2-3-4(5)6;/h11-15,17-24,43-44,47,50H,10,16,25-39H2,1-9H3,(H,56,63)(H,57,62);9-21,40-41,44,46,56H,22-36H2,1-8H3,(H,52,59)(H,53,58);2-3H2,1H3;1H4/t43-,44?,47+,50-;40-,41?,44+,46-;;/m11../s1. The van der Waals surface area contributed by atoms with Crippen LogP contribution in [0.4, 0.5) is 9.59 Å². The molecule has 6 aromatic rings. The lowest BCUT2D eigenvalue weighted by Crippen LogP contribution is -2.53. The van der Waals surface area contributed by atoms with Gasteiger partial charge in [-0.1, -0.05) is 226 Å². The third-order valence-electron chi connectivity index (χ3n) is 22.6. The Kier molecular flexibility index (Phi) is 64.2. The van der Waals surface area contributed by atoms with Crippen molar-refractivity contribution in [3.8, 4) is 22.5 Å². The van der Waals surface area contributed by atoms with Crippen molar-refractivity contribution in [2.75, 3.05) is 174 Å². The molecule has 144 heavy (non-hydrogen) atoms. The number of halogens is 1. The van der Waals surface area contributed by atoms with E-state index < -0.39 is 112 Å². The van der Waals surface area contributed by atoms with Crippen LogP contribution in [0, 0.1) is 45.3 Å². The number of amides is 4. The number of benzene rings is 4. The second kappa shape index (κ2) is 72.2. The fourth-order valence-electron chi connectivity index (χ4n) is 14.8. The van der Waals surface area contributed by atoms with Gasteiger partial charge in [-0.2, -0.15) is 0 Å². The highest BCUT2D eigenvalue weighted by Crippen LogP contribution is 2.34. The van der Waals surface area contributed by atoms with E-state index in [4.69, 9.17) is 82.7 Å². The van der Waals surface area contributed by atoms with Crippen LogP contribution in [0.2, 0.25) is 0 Å². The van der Waals surface area contributed by atoms with Crippen molar-refractivity contribution in [3.05, 3.63) is 180 Å². The summed E-state index contributed by atoms with van der Waals surface area (Å²) < 4.78 is 80.7. The molecule has 2 heterocycles. The zero-order valence-electron chi connectivity index (χ0n) is 87.5. The molecule has 0 saturated carbocycles. The number of ketones is 2. The Bertz CT molecular complexity index is 4550. The minimum atomic E-state index is -1.14. The van der Waals surface area contributed by atoms with Crippen molar-refractivity contribution in [1.29, 1.82) is 0 Å². The number of aliphatic hydroxyl groups is 1. The molecule has 0 bridgehead atoms. The topological polar surface area (TPSA) is 410 Å². The minimum Gasteiger partial charge on any atom is -0.469 e. The molecule has 8 atom stereocenters. The van der Waals surface area contributed by atoms with E-state index in [-0.39, 0.29) is 116 Å². The lowest BCUT2D eigenvalue weighted by atomic mass is 9.78. The van der Waals surface area contributed by atoms with Crippen molar-refractivity contribution in [3.63, 3.8) is 0 Å². The lowest BCUT2D eigenvalue weighted by molar-refractivity contribution is -0.156. The van der Waals surface area contributed by atoms with Gasteiger partial charge in [0.2, 0.25) is 17.1 Å². The fourth-order valence-corrected chi connectivity index (χ4v) is 15.0. The summed E-state index contributed by atoms with van der Waals surface area (Å²) in [6.45, 7) is 33.5. The summed E-state index contributed by atoms with van der Waals surface area (Å²) in [7, 11) is 5.81. The summed E-state index contributed by atoms with van der Waals surface area (Å²) >= 11 is 4.94. The number of nitrogens with one attached hydrogen (secondary N) is 4. The normalized spacial score (nSPS) is 13.2. The highest BCUT2D eigenvalue weighted by Gasteiger charge is 2.42. The van der Waals surface area contributed by atoms with Crippen LogP contribution >= 0.6 is 11.6 Å². The molecule has 4 aromatic carbocycles. The van der Waals surface area contributed by atoms with Gasteiger partial charge in [0.25, 0.3) is 0 Å². The largest absolute Gasteiger partial charge is 0.469 e. The molecule has 0 spiro atoms. The Labute approximate surface area is 859 Å². The van der Waals surface area contributed by atoms with Gasteiger partial charge in [-0.25, -0.2) is 19.6 Å². The van der Waals surface area contributed by atoms with Crippen LogP contribution in [0.5, 0.6) is 0 Å². The molecule has 34 nitrogen and oxygen atoms in total. The number of nitrogens with zero attached hydrogens (tertiary/aromatic N) is 4. The third-order valence-corrected chi connectivity index (χ3v) is 22.8. The number of ether oxygens (including phenoxy) is 15. The monoisotopic (exact) mass is 2040 g/mol. The van der Waals surface area contributed by atoms with Gasteiger partial charge in [-0.3, -0.25) is 59.2 Å². The number of pyridine rings is 2. The van der Waals surface area contributed by atoms with Crippen molar-refractivity contribution in [2.24, 2.45) is 45.3 Å². The Morgan fingerprint density at radius 2 is 0.701 bits per heavy atom. The molecule has 0 aliphatic rings. The molecule has 0 aliphatic carbocycles. The first-order valence-electron chi connectivity index (χ1n) is 49.1. The van der Waals surface area contributed by atoms with Gasteiger partial charge in [0.05, 0.1) is 194 Å². The molecule has 6 rings (SSSR count). The zero-order chi connectivity index (χ0) is 105. The van der Waals surface area contributed by atoms with Crippen LogP contribution in [0.3, 0.4) is 0 Å². The lowest BCUT2D eigenvalue weighted by Gasteiger charge is -2.36. The first-order valence-corrected chi connectivity index (χ1v) is 49.5. The Morgan fingerprint density at radius 1 is 0.375 bits per heavy atom. The third kappa shape index (κ3) is 55.4. The first kappa shape index (κ1) is 128. The van der Waals surface area contributed by atoms with Crippen LogP contribution in [0.25, 0.3) is 22.5 Å². The van der Waals surface area contributed by atoms with Crippen LogP contribution in [-0.2, 0) is 135 Å². The quantitative estimate of drug-likeness (QED) is 0.00778. The maximum atomic E-state index is 14.7. The molecule has 0 fully saturated rings. The summed E-state index contributed by atoms with van der Waals surface area (Å²) in [5.41, 5.74) is 10.3. The van der Waals surface area contributed by atoms with Gasteiger partial charge in [-0.15, -0.1) is 0 Å². The van der Waals surface area contributed by atoms with Gasteiger partial charge in [0, 0.05) is 89.0 Å². The molecule has 2 aromatic heterocycles. The summed E-state index contributed by atoms with van der Waals surface area (Å²) in [6.07, 6.45) is 2.00. The van der Waals surface area contributed by atoms with Gasteiger partial charge in [0.1, 0.15) is 19.3 Å². The average molecular weight is 2040 g/mol. The molecule has 0 radical (unpaired) electrons. The number of hydrogen-bond acceptors (Lipinski definition) is 30. The Hall–Kier alpha value is -10.2. The van der Waals surface area contributed by atoms with Crippen LogP contribution in [0.15, 0.2) is 158 Å². The SMILES string of the molecule is C.CCCC(=O)Cl.CCCC(=O)O[C@@H](CN(Cc1ccc(-c2ccccn2)cc1)NC(=O)C(CC(=O)OC)C(C)(C)C)[C@@H](CC(=O)[C@@H](NC(=O)OCCOCCOCCOCCOCCOC)C(C)(C)C)Cc1ccccc1.COCCOCCOCCOCCOCCOC(=O)N[C@H](C(=O)C[C@@H](Cc1ccccc1)[C@@H](O)CN(Cc1ccc(-c2ccccn2)cc1)NC(=O)C(CC(=O)OC)C(C)(C)C)C(C)(C)C. The summed E-state index contributed by atoms with van der Waals surface area (Å²) in [5, 5.41) is 20.8. The number of alkyl carbamates (subject to hydrolysis) is 2. The zero-order valence-corrected chi connectivity index (χ0v) is 88.2. The molecule has 5 N–H and O–H groups in total. The van der Waals surface area contributed by atoms with E-state index in [1.807, 2.05) is 243 Å². The number of aromatic nitrogens is 2. The van der Waals surface area contributed by atoms with Gasteiger partial charge in [-0.05, 0) is 111 Å². The van der Waals surface area contributed by atoms with E-state index in [2.05, 4.69) is 31.5 Å². The van der Waals surface area contributed by atoms with E-state index in [0.717, 1.165) is 51.2 Å². The minimum absolute atomic E-state index is 0. The molecule has 4 amide bonds. The van der Waals surface area contributed by atoms with E-state index in [1.54, 1.807) is 36.6 Å². The molecule has 0 saturated heterocycles. The first-order chi connectivity index (χ1) is 68.2. The molecular formula is C109H165ClN8O26. The highest BCUT2D eigenvalue weighted by molar-refractivity contribution is 6.63. The number of hydrazine groups is 2. The number of hydrogen-bond donors (Lipinski definition) is 5. The van der Waals surface area contributed by atoms with Crippen LogP contribution in [0.1, 0.15) is 178 Å². The van der Waals surface area contributed by atoms with Crippen LogP contribution < -0.4 is 21.5 Å². The smallest absolute Gasteiger partial charge is 0.407 e. The predicted molar refractivity (Wildman–Crippen MR) is 551 cm³/mol. The number of aliphatic hydroxyl groups excluding tert-OH is 1. The average Bonchev–Trinajstić information content (AvgIpc) is 0.831. The van der Waals surface area contributed by atoms with Crippen molar-refractivity contribution >= 4 is 70.3 Å². The Balaban J connectivity index is 0.000000696. The van der Waals surface area contributed by atoms with Crippen molar-refractivity contribution < 1.29 is 124 Å². The summed E-state index contributed by atoms with van der Waals surface area (Å²) in [6, 6.07) is 44.0. The van der Waals surface area contributed by atoms with Gasteiger partial charge in [0.15, 0.2) is 11.6 Å². The number of esters is 3. The number of rotatable bonds is 67. The fraction of sp³-hybridized carbons (Fsp3) is 0.596. The van der Waals surface area contributed by atoms with Gasteiger partial charge < -0.3 is 86.8 Å². The molecule has 2 unspecified atom stereocenters. The molecule has 0 aliphatic heterocycles. The van der Waals surface area contributed by atoms with E-state index >= 15 is 0 Å². The number of methoxy groups -OCH3 is 4. The molecule has 35 heteroatoms. The number of carbonyl (C=O) groups is 10. The van der Waals surface area contributed by atoms with E-state index in [9.17, 15) is 53.1 Å². The highest BCUT2D eigenvalue weighted by atomic mass is 35.5. The van der Waals surface area contributed by atoms with Crippen molar-refractivity contribution in [1.82, 2.24) is 41.5 Å². The molecular weight excluding hydrogens is 1870 g/mol. The molecule has 804 valence electrons. The van der Waals surface area contributed by atoms with Gasteiger partial charge >= 0.3 is 30.1 Å². The second-order valence-electron chi connectivity index (χ2n) is 38.7. The summed E-state index contributed by atoms with van der Waals surface area (Å²) in [4.78, 5) is 141. The van der Waals surface area contributed by atoms with Crippen LogP contribution in [-0.4, -0.2) is 282 Å². The maximum absolute atomic E-state index is 14.7. The predicted octanol–water partition coefficient (Wildman–Crippen LogP) is 15.2. The maximum Gasteiger partial charge on any atom is 0.407 e. The number of carbonyl (C=O) groups excluding carboxylic acids is 10.